The van der Waals surface area contributed by atoms with Gasteiger partial charge in [0.15, 0.2) is 39.6 Å². The Morgan fingerprint density at radius 3 is 1.29 bits per heavy atom. The van der Waals surface area contributed by atoms with Gasteiger partial charge in [-0.2, -0.15) is 0 Å². The lowest BCUT2D eigenvalue weighted by molar-refractivity contribution is 0.0680. The summed E-state index contributed by atoms with van der Waals surface area (Å²) in [6.45, 7) is 37.3. The largest absolute Gasteiger partial charge is 0.493 e. The molecule has 0 spiro atoms. The van der Waals surface area contributed by atoms with Gasteiger partial charge >= 0.3 is 12.2 Å². The lowest BCUT2D eigenvalue weighted by Crippen LogP contribution is -2.46. The van der Waals surface area contributed by atoms with Crippen LogP contribution in [0.1, 0.15) is 147 Å². The van der Waals surface area contributed by atoms with Crippen LogP contribution in [0.25, 0.3) is 0 Å². The van der Waals surface area contributed by atoms with Crippen molar-refractivity contribution in [3.8, 4) is 23.0 Å². The molecule has 0 radical (unpaired) electrons. The summed E-state index contributed by atoms with van der Waals surface area (Å²) in [6.07, 6.45) is 7.92. The number of anilines is 2. The second kappa shape index (κ2) is 29.8. The zero-order valence-corrected chi connectivity index (χ0v) is 57.4. The predicted molar refractivity (Wildman–Crippen MR) is 349 cm³/mol. The van der Waals surface area contributed by atoms with Crippen molar-refractivity contribution in [3.05, 3.63) is 59.7 Å². The molecule has 0 bridgehead atoms. The Labute approximate surface area is 513 Å². The van der Waals surface area contributed by atoms with Gasteiger partial charge < -0.3 is 47.1 Å². The normalized spacial score (nSPS) is 18.7. The van der Waals surface area contributed by atoms with E-state index in [1.165, 1.54) is 14.2 Å². The zero-order valence-electron chi connectivity index (χ0n) is 52.2. The fraction of sp³-hybridized carbons (Fsp3) is 0.672. The molecule has 2 aliphatic carbocycles. The second-order valence-corrected chi connectivity index (χ2v) is 41.3. The Morgan fingerprint density at radius 1 is 0.602 bits per heavy atom. The number of carbonyl (C=O) groups is 4. The van der Waals surface area contributed by atoms with Crippen LogP contribution < -0.4 is 29.6 Å². The van der Waals surface area contributed by atoms with E-state index in [4.69, 9.17) is 37.3 Å². The SMILES string of the molecule is C=C1C[C@@H](CO[Si](C)(C)C(C)(C)C)N(C(=O)c2cc(OC)c(OCCCCCOc3cc(NC(=O)OCC4(SSCC)CCC4)c(C(=O)N4CC(=C)C[C@H]4CO[Si](C)(C)C(C)(C)C)cc3OC)cc2NC(=O)OCC2(SSCC)CCC2)C1. The van der Waals surface area contributed by atoms with Crippen LogP contribution in [0, 0.1) is 0 Å². The second-order valence-electron chi connectivity index (χ2n) is 25.5. The van der Waals surface area contributed by atoms with Gasteiger partial charge in [0.1, 0.15) is 13.2 Å². The van der Waals surface area contributed by atoms with Gasteiger partial charge in [-0.15, -0.1) is 0 Å². The third kappa shape index (κ3) is 18.2. The summed E-state index contributed by atoms with van der Waals surface area (Å²) in [4.78, 5) is 60.4. The highest BCUT2D eigenvalue weighted by molar-refractivity contribution is 8.77. The maximum absolute atomic E-state index is 14.7. The number of amides is 4. The van der Waals surface area contributed by atoms with E-state index in [1.807, 2.05) is 0 Å². The van der Waals surface area contributed by atoms with Gasteiger partial charge in [-0.3, -0.25) is 20.2 Å². The van der Waals surface area contributed by atoms with E-state index < -0.39 is 28.8 Å². The zero-order chi connectivity index (χ0) is 61.0. The molecule has 2 atom stereocenters. The summed E-state index contributed by atoms with van der Waals surface area (Å²) >= 11 is 0. The van der Waals surface area contributed by atoms with Gasteiger partial charge in [0, 0.05) is 36.7 Å². The van der Waals surface area contributed by atoms with Crippen LogP contribution in [0.4, 0.5) is 21.0 Å². The van der Waals surface area contributed by atoms with Crippen molar-refractivity contribution in [2.24, 2.45) is 0 Å². The van der Waals surface area contributed by atoms with Crippen molar-refractivity contribution >= 4 is 95.2 Å². The molecule has 4 amide bonds. The maximum Gasteiger partial charge on any atom is 0.411 e. The molecule has 464 valence electrons. The summed E-state index contributed by atoms with van der Waals surface area (Å²) in [6, 6.07) is 6.08. The van der Waals surface area contributed by atoms with E-state index in [1.54, 1.807) is 77.2 Å². The molecule has 16 nitrogen and oxygen atoms in total. The fourth-order valence-corrected chi connectivity index (χ4v) is 17.0. The molecule has 0 aromatic heterocycles. The van der Waals surface area contributed by atoms with Crippen LogP contribution >= 0.6 is 43.2 Å². The van der Waals surface area contributed by atoms with Gasteiger partial charge in [0.25, 0.3) is 11.8 Å². The topological polar surface area (TPSA) is 173 Å². The van der Waals surface area contributed by atoms with E-state index in [2.05, 4.69) is 105 Å². The standard InChI is InChI=1S/C61H96N4O12S4Si2/c1-17-78-80-60(24-22-25-60)40-74-56(68)62-48-34-52(50(70-11)32-46(48)54(66)64-36-42(3)30-44(64)38-76-82(13,14)58(5,6)7)72-28-20-19-21-29-73-53-35-49(63-57(69)75-41-61(26-23-27-61)81-79-18-2)47(33-51(53)71-12)55(67)65-37-43(4)31-45(65)39-77-83(15,16)59(8,9)10/h32-35,44-45H,3-4,17-31,36-41H2,1-2,5-16H3,(H,62,68)(H,63,69)/t44-,45-/m0/s1. The smallest absolute Gasteiger partial charge is 0.411 e. The lowest BCUT2D eigenvalue weighted by atomic mass is 9.85. The summed E-state index contributed by atoms with van der Waals surface area (Å²) < 4.78 is 49.2. The molecule has 2 saturated heterocycles. The lowest BCUT2D eigenvalue weighted by Gasteiger charge is -2.39. The molecule has 2 N–H and O–H groups in total. The quantitative estimate of drug-likeness (QED) is 0.0327. The fourth-order valence-electron chi connectivity index (χ4n) is 9.55. The number of likely N-dealkylation sites (tertiary alicyclic amines) is 2. The number of hydrogen-bond acceptors (Lipinski definition) is 16. The molecule has 2 aromatic rings. The van der Waals surface area contributed by atoms with Gasteiger partial charge in [0.2, 0.25) is 0 Å². The highest BCUT2D eigenvalue weighted by Gasteiger charge is 2.44. The molecule has 2 saturated carbocycles. The molecule has 0 unspecified atom stereocenters. The molecule has 4 fully saturated rings. The van der Waals surface area contributed by atoms with Crippen LogP contribution in [0.5, 0.6) is 23.0 Å². The molecule has 83 heavy (non-hydrogen) atoms. The minimum absolute atomic E-state index is 0.00723. The third-order valence-electron chi connectivity index (χ3n) is 17.1. The summed E-state index contributed by atoms with van der Waals surface area (Å²) in [5.41, 5.74) is 2.85. The number of hydrogen-bond donors (Lipinski definition) is 2. The Morgan fingerprint density at radius 2 is 0.976 bits per heavy atom. The third-order valence-corrected chi connectivity index (χ3v) is 32.9. The summed E-state index contributed by atoms with van der Waals surface area (Å²) in [5, 5.41) is 5.81. The number of ether oxygens (including phenoxy) is 6. The van der Waals surface area contributed by atoms with E-state index in [9.17, 15) is 19.2 Å². The maximum atomic E-state index is 14.7. The first-order chi connectivity index (χ1) is 39.1. The first-order valence-electron chi connectivity index (χ1n) is 29.5. The van der Waals surface area contributed by atoms with Crippen LogP contribution in [-0.4, -0.2) is 150 Å². The molecule has 6 rings (SSSR count). The molecule has 2 aliphatic heterocycles. The van der Waals surface area contributed by atoms with Crippen molar-refractivity contribution < 1.29 is 56.5 Å². The number of rotatable bonds is 30. The van der Waals surface area contributed by atoms with Crippen LogP contribution in [0.15, 0.2) is 48.6 Å². The Kier molecular flexibility index (Phi) is 24.6. The van der Waals surface area contributed by atoms with Crippen molar-refractivity contribution in [2.75, 3.05) is 89.1 Å². The van der Waals surface area contributed by atoms with E-state index in [0.29, 0.717) is 94.6 Å². The number of methoxy groups -OCH3 is 2. The average Bonchev–Trinajstić information content (AvgIpc) is 3.52. The first kappa shape index (κ1) is 68.5. The van der Waals surface area contributed by atoms with E-state index >= 15 is 0 Å². The van der Waals surface area contributed by atoms with E-state index in [0.717, 1.165) is 61.2 Å². The molecule has 4 aliphatic rings. The number of carbonyl (C=O) groups excluding carboxylic acids is 4. The molecule has 2 aromatic carbocycles. The van der Waals surface area contributed by atoms with E-state index in [-0.39, 0.29) is 79.2 Å². The molecule has 22 heteroatoms. The highest BCUT2D eigenvalue weighted by atomic mass is 33.1. The van der Waals surface area contributed by atoms with Crippen LogP contribution in [0.2, 0.25) is 36.3 Å². The Hall–Kier alpha value is -3.65. The highest BCUT2D eigenvalue weighted by Crippen LogP contribution is 2.51. The van der Waals surface area contributed by atoms with Crippen molar-refractivity contribution in [2.45, 2.75) is 184 Å². The van der Waals surface area contributed by atoms with Crippen LogP contribution in [-0.2, 0) is 18.3 Å². The summed E-state index contributed by atoms with van der Waals surface area (Å²) in [5.74, 6) is 2.73. The van der Waals surface area contributed by atoms with Crippen molar-refractivity contribution in [1.82, 2.24) is 9.80 Å². The predicted octanol–water partition coefficient (Wildman–Crippen LogP) is 15.7. The minimum Gasteiger partial charge on any atom is -0.493 e. The van der Waals surface area contributed by atoms with Crippen molar-refractivity contribution in [3.63, 3.8) is 0 Å². The number of nitrogens with one attached hydrogen (secondary N) is 2. The monoisotopic (exact) mass is 1260 g/mol. The van der Waals surface area contributed by atoms with Crippen molar-refractivity contribution in [1.29, 1.82) is 0 Å². The number of benzene rings is 2. The average molecular weight is 1260 g/mol. The van der Waals surface area contributed by atoms with Gasteiger partial charge in [0.05, 0.1) is 84.7 Å². The van der Waals surface area contributed by atoms with Gasteiger partial charge in [-0.1, -0.05) is 136 Å². The summed E-state index contributed by atoms with van der Waals surface area (Å²) in [7, 11) is 5.88. The molecular weight excluding hydrogens is 1170 g/mol. The Bertz CT molecular complexity index is 2430. The van der Waals surface area contributed by atoms with Gasteiger partial charge in [-0.25, -0.2) is 9.59 Å². The Balaban J connectivity index is 1.15. The first-order valence-corrected chi connectivity index (χ1v) is 40.0. The molecule has 2 heterocycles. The molecular formula is C61H96N4O12S4Si2. The number of nitrogens with zero attached hydrogens (tertiary/aromatic N) is 2. The number of unbranched alkanes of at least 4 members (excludes halogenated alkanes) is 2. The minimum atomic E-state index is -2.13. The van der Waals surface area contributed by atoms with Gasteiger partial charge in [-0.05, 0) is 106 Å². The van der Waals surface area contributed by atoms with Crippen LogP contribution in [0.3, 0.4) is 0 Å².